The lowest BCUT2D eigenvalue weighted by molar-refractivity contribution is -0.120. The van der Waals surface area contributed by atoms with Gasteiger partial charge < -0.3 is 16.2 Å². The number of aliphatic hydroxyl groups excluding tert-OH is 1. The first kappa shape index (κ1) is 14.2. The normalized spacial score (nSPS) is 11.6. The van der Waals surface area contributed by atoms with E-state index in [9.17, 15) is 4.79 Å². The van der Waals surface area contributed by atoms with Crippen molar-refractivity contribution < 1.29 is 9.90 Å². The van der Waals surface area contributed by atoms with Crippen LogP contribution >= 0.6 is 12.4 Å². The molecule has 12 heavy (non-hydrogen) atoms. The summed E-state index contributed by atoms with van der Waals surface area (Å²) in [5.74, 6) is -0.0480. The molecule has 0 aromatic rings. The summed E-state index contributed by atoms with van der Waals surface area (Å²) in [5, 5.41) is 11.5. The highest BCUT2D eigenvalue weighted by Gasteiger charge is 1.99. The van der Waals surface area contributed by atoms with E-state index in [1.807, 2.05) is 0 Å². The minimum atomic E-state index is -0.354. The zero-order valence-corrected chi connectivity index (χ0v) is 8.06. The Morgan fingerprint density at radius 3 is 2.67 bits per heavy atom. The number of hydrogen-bond acceptors (Lipinski definition) is 3. The van der Waals surface area contributed by atoms with Crippen LogP contribution in [0.15, 0.2) is 0 Å². The van der Waals surface area contributed by atoms with Gasteiger partial charge in [-0.3, -0.25) is 4.79 Å². The quantitative estimate of drug-likeness (QED) is 0.563. The molecule has 0 radical (unpaired) electrons. The minimum absolute atomic E-state index is 0. The van der Waals surface area contributed by atoms with Crippen molar-refractivity contribution in [2.45, 2.75) is 25.9 Å². The molecule has 0 aromatic carbocycles. The third-order valence-corrected chi connectivity index (χ3v) is 1.26. The van der Waals surface area contributed by atoms with E-state index in [0.717, 1.165) is 0 Å². The minimum Gasteiger partial charge on any atom is -0.393 e. The largest absolute Gasteiger partial charge is 0.393 e. The number of rotatable bonds is 5. The van der Waals surface area contributed by atoms with Crippen LogP contribution in [0.3, 0.4) is 0 Å². The Kier molecular flexibility index (Phi) is 10.4. The Bertz CT molecular complexity index is 120. The maximum absolute atomic E-state index is 10.8. The fourth-order valence-corrected chi connectivity index (χ4v) is 0.640. The number of carbonyl (C=O) groups is 1. The van der Waals surface area contributed by atoms with Crippen molar-refractivity contribution in [2.75, 3.05) is 13.1 Å². The molecule has 0 bridgehead atoms. The topological polar surface area (TPSA) is 75.3 Å². The van der Waals surface area contributed by atoms with Crippen molar-refractivity contribution in [2.24, 2.45) is 5.73 Å². The predicted octanol–water partition coefficient (Wildman–Crippen LogP) is -0.356. The van der Waals surface area contributed by atoms with Crippen molar-refractivity contribution >= 4 is 18.3 Å². The van der Waals surface area contributed by atoms with Gasteiger partial charge in [-0.1, -0.05) is 0 Å². The first-order valence-electron chi connectivity index (χ1n) is 3.81. The van der Waals surface area contributed by atoms with Gasteiger partial charge in [0.1, 0.15) is 0 Å². The highest BCUT2D eigenvalue weighted by molar-refractivity contribution is 5.85. The highest BCUT2D eigenvalue weighted by Crippen LogP contribution is 1.86. The Balaban J connectivity index is 0. The molecule has 4 nitrogen and oxygen atoms in total. The fourth-order valence-electron chi connectivity index (χ4n) is 0.640. The van der Waals surface area contributed by atoms with E-state index in [2.05, 4.69) is 5.32 Å². The first-order chi connectivity index (χ1) is 5.16. The van der Waals surface area contributed by atoms with Gasteiger partial charge in [-0.15, -0.1) is 12.4 Å². The van der Waals surface area contributed by atoms with Crippen LogP contribution in [0.2, 0.25) is 0 Å². The molecule has 4 N–H and O–H groups in total. The first-order valence-corrected chi connectivity index (χ1v) is 3.81. The lowest BCUT2D eigenvalue weighted by Crippen LogP contribution is -2.28. The molecular weight excluding hydrogens is 180 g/mol. The van der Waals surface area contributed by atoms with Crippen LogP contribution in [0, 0.1) is 0 Å². The summed E-state index contributed by atoms with van der Waals surface area (Å²) in [4.78, 5) is 10.8. The second-order valence-electron chi connectivity index (χ2n) is 2.53. The number of nitrogens with one attached hydrogen (secondary N) is 1. The van der Waals surface area contributed by atoms with Gasteiger partial charge in [0.15, 0.2) is 0 Å². The van der Waals surface area contributed by atoms with Crippen molar-refractivity contribution in [1.82, 2.24) is 5.32 Å². The molecule has 0 aliphatic rings. The molecule has 1 atom stereocenters. The van der Waals surface area contributed by atoms with E-state index in [1.54, 1.807) is 6.92 Å². The van der Waals surface area contributed by atoms with E-state index < -0.39 is 0 Å². The Labute approximate surface area is 78.9 Å². The van der Waals surface area contributed by atoms with Gasteiger partial charge in [0.2, 0.25) is 5.91 Å². The number of aliphatic hydroxyl groups is 1. The zero-order valence-electron chi connectivity index (χ0n) is 7.25. The molecule has 0 saturated carbocycles. The second-order valence-corrected chi connectivity index (χ2v) is 2.53. The summed E-state index contributed by atoms with van der Waals surface area (Å²) in [6, 6.07) is 0. The van der Waals surface area contributed by atoms with E-state index >= 15 is 0 Å². The predicted molar refractivity (Wildman–Crippen MR) is 50.2 cm³/mol. The molecule has 0 aliphatic carbocycles. The van der Waals surface area contributed by atoms with E-state index in [0.29, 0.717) is 25.9 Å². The molecule has 0 fully saturated rings. The van der Waals surface area contributed by atoms with Crippen LogP contribution in [-0.4, -0.2) is 30.2 Å². The van der Waals surface area contributed by atoms with Gasteiger partial charge in [0, 0.05) is 19.5 Å². The number of hydrogen-bond donors (Lipinski definition) is 3. The molecular formula is C7H17ClN2O2. The maximum atomic E-state index is 10.8. The smallest absolute Gasteiger partial charge is 0.221 e. The Morgan fingerprint density at radius 1 is 1.67 bits per heavy atom. The molecule has 1 amide bonds. The van der Waals surface area contributed by atoms with Crippen LogP contribution in [-0.2, 0) is 4.79 Å². The van der Waals surface area contributed by atoms with Crippen LogP contribution in [0.4, 0.5) is 0 Å². The van der Waals surface area contributed by atoms with Crippen molar-refractivity contribution in [3.8, 4) is 0 Å². The zero-order chi connectivity index (χ0) is 8.69. The van der Waals surface area contributed by atoms with Gasteiger partial charge in [0.25, 0.3) is 0 Å². The van der Waals surface area contributed by atoms with Crippen molar-refractivity contribution in [3.63, 3.8) is 0 Å². The summed E-state index contributed by atoms with van der Waals surface area (Å²) in [7, 11) is 0. The Morgan fingerprint density at radius 2 is 2.25 bits per heavy atom. The molecule has 1 unspecified atom stereocenters. The van der Waals surface area contributed by atoms with Gasteiger partial charge in [0.05, 0.1) is 6.10 Å². The second kappa shape index (κ2) is 8.77. The maximum Gasteiger partial charge on any atom is 0.221 e. The monoisotopic (exact) mass is 196 g/mol. The summed E-state index contributed by atoms with van der Waals surface area (Å²) in [5.41, 5.74) is 5.15. The van der Waals surface area contributed by atoms with Crippen molar-refractivity contribution in [1.29, 1.82) is 0 Å². The van der Waals surface area contributed by atoms with Gasteiger partial charge in [-0.2, -0.15) is 0 Å². The third-order valence-electron chi connectivity index (χ3n) is 1.26. The summed E-state index contributed by atoms with van der Waals surface area (Å²) in [6.07, 6.45) is 0.601. The van der Waals surface area contributed by atoms with Gasteiger partial charge in [-0.25, -0.2) is 0 Å². The van der Waals surface area contributed by atoms with Crippen LogP contribution in [0.1, 0.15) is 19.8 Å². The number of carbonyl (C=O) groups excluding carboxylic acids is 1. The molecule has 0 aromatic heterocycles. The molecule has 0 heterocycles. The summed E-state index contributed by atoms with van der Waals surface area (Å²) < 4.78 is 0. The standard InChI is InChI=1S/C7H16N2O2.ClH/c1-6(10)3-5-9-7(11)2-4-8;/h6,10H,2-5,8H2,1H3,(H,9,11);1H. The third kappa shape index (κ3) is 9.68. The summed E-state index contributed by atoms with van der Waals surface area (Å²) >= 11 is 0. The number of amides is 1. The van der Waals surface area contributed by atoms with Gasteiger partial charge >= 0.3 is 0 Å². The van der Waals surface area contributed by atoms with E-state index in [4.69, 9.17) is 10.8 Å². The fraction of sp³-hybridized carbons (Fsp3) is 0.857. The average Bonchev–Trinajstić information content (AvgIpc) is 1.87. The molecule has 0 spiro atoms. The summed E-state index contributed by atoms with van der Waals surface area (Å²) in [6.45, 7) is 2.59. The molecule has 0 rings (SSSR count). The Hall–Kier alpha value is -0.320. The SMILES string of the molecule is CC(O)CCNC(=O)CCN.Cl. The van der Waals surface area contributed by atoms with Crippen LogP contribution < -0.4 is 11.1 Å². The lowest BCUT2D eigenvalue weighted by atomic mass is 10.3. The number of halogens is 1. The highest BCUT2D eigenvalue weighted by atomic mass is 35.5. The van der Waals surface area contributed by atoms with Crippen LogP contribution in [0.25, 0.3) is 0 Å². The van der Waals surface area contributed by atoms with Gasteiger partial charge in [-0.05, 0) is 13.3 Å². The molecule has 5 heteroatoms. The molecule has 0 saturated heterocycles. The van der Waals surface area contributed by atoms with E-state index in [-0.39, 0.29) is 24.4 Å². The lowest BCUT2D eigenvalue weighted by Gasteiger charge is -2.05. The molecule has 74 valence electrons. The average molecular weight is 197 g/mol. The van der Waals surface area contributed by atoms with Crippen LogP contribution in [0.5, 0.6) is 0 Å². The van der Waals surface area contributed by atoms with Crippen molar-refractivity contribution in [3.05, 3.63) is 0 Å². The van der Waals surface area contributed by atoms with E-state index in [1.165, 1.54) is 0 Å². The molecule has 0 aliphatic heterocycles. The number of nitrogens with two attached hydrogens (primary N) is 1.